The molecule has 1 atom stereocenters. The Kier molecular flexibility index (Phi) is 7.12. The fourth-order valence-corrected chi connectivity index (χ4v) is 3.18. The Hall–Kier alpha value is -3.27. The minimum Gasteiger partial charge on any atom is -0.476 e. The van der Waals surface area contributed by atoms with E-state index in [1.54, 1.807) is 26.0 Å². The number of para-hydroxylation sites is 1. The van der Waals surface area contributed by atoms with Gasteiger partial charge in [-0.3, -0.25) is 0 Å². The highest BCUT2D eigenvalue weighted by Crippen LogP contribution is 2.28. The third-order valence-electron chi connectivity index (χ3n) is 4.83. The number of rotatable bonds is 9. The van der Waals surface area contributed by atoms with Crippen LogP contribution < -0.4 is 9.47 Å². The van der Waals surface area contributed by atoms with Gasteiger partial charge in [-0.1, -0.05) is 49.4 Å². The summed E-state index contributed by atoms with van der Waals surface area (Å²) in [5.74, 6) is 1.66. The van der Waals surface area contributed by atoms with Crippen LogP contribution in [0.2, 0.25) is 0 Å². The standard InChI is InChI=1S/C26H28O4/c1-4-20-11-13-21(14-12-20)19-26(3,25(27)28-5-2)30-24-17-15-23(16-18-24)29-22-9-7-6-8-10-22/h6-18H,4-5,19H2,1-3H3. The van der Waals surface area contributed by atoms with Crippen molar-refractivity contribution in [3.63, 3.8) is 0 Å². The molecule has 0 radical (unpaired) electrons. The predicted molar refractivity (Wildman–Crippen MR) is 118 cm³/mol. The van der Waals surface area contributed by atoms with Gasteiger partial charge in [-0.15, -0.1) is 0 Å². The minimum absolute atomic E-state index is 0.302. The van der Waals surface area contributed by atoms with E-state index in [2.05, 4.69) is 19.1 Å². The van der Waals surface area contributed by atoms with E-state index in [9.17, 15) is 4.79 Å². The van der Waals surface area contributed by atoms with Crippen LogP contribution in [0.4, 0.5) is 0 Å². The van der Waals surface area contributed by atoms with Gasteiger partial charge in [0.2, 0.25) is 5.60 Å². The number of hydrogen-bond donors (Lipinski definition) is 0. The Morgan fingerprint density at radius 2 is 1.33 bits per heavy atom. The highest BCUT2D eigenvalue weighted by molar-refractivity contribution is 5.80. The van der Waals surface area contributed by atoms with Crippen molar-refractivity contribution in [1.82, 2.24) is 0 Å². The maximum atomic E-state index is 12.7. The molecular weight excluding hydrogens is 376 g/mol. The van der Waals surface area contributed by atoms with Crippen LogP contribution in [-0.2, 0) is 22.4 Å². The topological polar surface area (TPSA) is 44.8 Å². The highest BCUT2D eigenvalue weighted by Gasteiger charge is 2.37. The number of aryl methyl sites for hydroxylation is 1. The van der Waals surface area contributed by atoms with Gasteiger partial charge in [0.15, 0.2) is 0 Å². The van der Waals surface area contributed by atoms with E-state index >= 15 is 0 Å². The van der Waals surface area contributed by atoms with Crippen molar-refractivity contribution in [3.05, 3.63) is 90.0 Å². The Balaban J connectivity index is 1.75. The Morgan fingerprint density at radius 1 is 0.767 bits per heavy atom. The van der Waals surface area contributed by atoms with Crippen LogP contribution in [0.25, 0.3) is 0 Å². The third-order valence-corrected chi connectivity index (χ3v) is 4.83. The summed E-state index contributed by atoms with van der Waals surface area (Å²) in [6, 6.07) is 25.1. The lowest BCUT2D eigenvalue weighted by Crippen LogP contribution is -2.45. The van der Waals surface area contributed by atoms with Crippen molar-refractivity contribution in [2.75, 3.05) is 6.61 Å². The molecule has 0 aliphatic heterocycles. The zero-order valence-electron chi connectivity index (χ0n) is 17.8. The fourth-order valence-electron chi connectivity index (χ4n) is 3.18. The first-order valence-corrected chi connectivity index (χ1v) is 10.3. The Bertz CT molecular complexity index is 933. The summed E-state index contributed by atoms with van der Waals surface area (Å²) in [4.78, 5) is 12.7. The van der Waals surface area contributed by atoms with Gasteiger partial charge < -0.3 is 14.2 Å². The highest BCUT2D eigenvalue weighted by atomic mass is 16.6. The first-order valence-electron chi connectivity index (χ1n) is 10.3. The number of benzene rings is 3. The molecule has 4 nitrogen and oxygen atoms in total. The number of hydrogen-bond acceptors (Lipinski definition) is 4. The number of esters is 1. The average molecular weight is 405 g/mol. The molecule has 0 aliphatic rings. The van der Waals surface area contributed by atoms with E-state index in [1.807, 2.05) is 54.6 Å². The molecule has 0 saturated carbocycles. The van der Waals surface area contributed by atoms with Crippen molar-refractivity contribution < 1.29 is 19.0 Å². The normalized spacial score (nSPS) is 12.6. The molecule has 0 heterocycles. The molecule has 4 heteroatoms. The van der Waals surface area contributed by atoms with E-state index in [4.69, 9.17) is 14.2 Å². The van der Waals surface area contributed by atoms with Crippen LogP contribution in [0.3, 0.4) is 0 Å². The summed E-state index contributed by atoms with van der Waals surface area (Å²) < 4.78 is 17.3. The molecule has 3 rings (SSSR count). The van der Waals surface area contributed by atoms with Gasteiger partial charge in [0, 0.05) is 6.42 Å². The van der Waals surface area contributed by atoms with Gasteiger partial charge in [-0.2, -0.15) is 0 Å². The van der Waals surface area contributed by atoms with Crippen LogP contribution in [0.15, 0.2) is 78.9 Å². The van der Waals surface area contributed by atoms with Gasteiger partial charge in [-0.25, -0.2) is 4.79 Å². The average Bonchev–Trinajstić information content (AvgIpc) is 2.76. The Labute approximate surface area is 178 Å². The maximum absolute atomic E-state index is 12.7. The van der Waals surface area contributed by atoms with E-state index < -0.39 is 5.60 Å². The lowest BCUT2D eigenvalue weighted by atomic mass is 9.95. The molecule has 0 saturated heterocycles. The molecule has 1 unspecified atom stereocenters. The quantitative estimate of drug-likeness (QED) is 0.411. The maximum Gasteiger partial charge on any atom is 0.350 e. The summed E-state index contributed by atoms with van der Waals surface area (Å²) >= 11 is 0. The van der Waals surface area contributed by atoms with Crippen LogP contribution in [0.1, 0.15) is 31.9 Å². The number of carbonyl (C=O) groups excluding carboxylic acids is 1. The minimum atomic E-state index is -1.13. The molecule has 0 amide bonds. The van der Waals surface area contributed by atoms with Crippen molar-refractivity contribution >= 4 is 5.97 Å². The van der Waals surface area contributed by atoms with Gasteiger partial charge >= 0.3 is 5.97 Å². The summed E-state index contributed by atoms with van der Waals surface area (Å²) in [6.45, 7) is 5.99. The van der Waals surface area contributed by atoms with Crippen molar-refractivity contribution in [2.45, 2.75) is 39.2 Å². The summed E-state index contributed by atoms with van der Waals surface area (Å²) in [6.07, 6.45) is 1.39. The van der Waals surface area contributed by atoms with Gasteiger partial charge in [0.1, 0.15) is 17.2 Å². The molecule has 0 aliphatic carbocycles. The van der Waals surface area contributed by atoms with Crippen molar-refractivity contribution in [3.8, 4) is 17.2 Å². The van der Waals surface area contributed by atoms with Crippen LogP contribution in [-0.4, -0.2) is 18.2 Å². The number of carbonyl (C=O) groups is 1. The monoisotopic (exact) mass is 404 g/mol. The zero-order chi connectivity index (χ0) is 21.4. The van der Waals surface area contributed by atoms with Crippen molar-refractivity contribution in [2.24, 2.45) is 0 Å². The third kappa shape index (κ3) is 5.63. The largest absolute Gasteiger partial charge is 0.476 e. The van der Waals surface area contributed by atoms with Gasteiger partial charge in [-0.05, 0) is 67.8 Å². The smallest absolute Gasteiger partial charge is 0.350 e. The predicted octanol–water partition coefficient (Wildman–Crippen LogP) is 5.98. The zero-order valence-corrected chi connectivity index (χ0v) is 17.8. The molecule has 156 valence electrons. The molecule has 0 spiro atoms. The SMILES string of the molecule is CCOC(=O)C(C)(Cc1ccc(CC)cc1)Oc1ccc(Oc2ccccc2)cc1. The fraction of sp³-hybridized carbons (Fsp3) is 0.269. The van der Waals surface area contributed by atoms with Crippen molar-refractivity contribution in [1.29, 1.82) is 0 Å². The molecule has 0 aromatic heterocycles. The molecule has 30 heavy (non-hydrogen) atoms. The van der Waals surface area contributed by atoms with E-state index in [0.717, 1.165) is 17.7 Å². The van der Waals surface area contributed by atoms with Gasteiger partial charge in [0.05, 0.1) is 6.61 Å². The molecule has 3 aromatic rings. The molecular formula is C26H28O4. The molecule has 0 bridgehead atoms. The first kappa shape index (κ1) is 21.4. The Morgan fingerprint density at radius 3 is 1.93 bits per heavy atom. The second kappa shape index (κ2) is 9.97. The lowest BCUT2D eigenvalue weighted by Gasteiger charge is -2.28. The van der Waals surface area contributed by atoms with Crippen LogP contribution in [0.5, 0.6) is 17.2 Å². The van der Waals surface area contributed by atoms with Gasteiger partial charge in [0.25, 0.3) is 0 Å². The van der Waals surface area contributed by atoms with E-state index in [0.29, 0.717) is 24.5 Å². The summed E-state index contributed by atoms with van der Waals surface area (Å²) in [5.41, 5.74) is 1.14. The second-order valence-electron chi connectivity index (χ2n) is 7.29. The summed E-state index contributed by atoms with van der Waals surface area (Å²) in [7, 11) is 0. The van der Waals surface area contributed by atoms with Crippen LogP contribution >= 0.6 is 0 Å². The van der Waals surface area contributed by atoms with Crippen LogP contribution in [0, 0.1) is 0 Å². The molecule has 3 aromatic carbocycles. The molecule has 0 N–H and O–H groups in total. The molecule has 0 fully saturated rings. The van der Waals surface area contributed by atoms with E-state index in [-0.39, 0.29) is 5.97 Å². The first-order chi connectivity index (χ1) is 14.5. The van der Waals surface area contributed by atoms with E-state index in [1.165, 1.54) is 5.56 Å². The number of ether oxygens (including phenoxy) is 3. The lowest BCUT2D eigenvalue weighted by molar-refractivity contribution is -0.160. The summed E-state index contributed by atoms with van der Waals surface area (Å²) in [5, 5.41) is 0. The second-order valence-corrected chi connectivity index (χ2v) is 7.29.